The van der Waals surface area contributed by atoms with E-state index in [9.17, 15) is 0 Å². The van der Waals surface area contributed by atoms with E-state index in [0.717, 1.165) is 19.6 Å². The van der Waals surface area contributed by atoms with Gasteiger partial charge in [0.25, 0.3) is 0 Å². The summed E-state index contributed by atoms with van der Waals surface area (Å²) in [6.07, 6.45) is 6.62. The summed E-state index contributed by atoms with van der Waals surface area (Å²) in [7, 11) is 1.87. The maximum absolute atomic E-state index is 6.10. The topological polar surface area (TPSA) is 27.7 Å². The molecule has 5 heteroatoms. The van der Waals surface area contributed by atoms with E-state index in [1.165, 1.54) is 64.3 Å². The normalized spacial score (nSPS) is 12.5. The summed E-state index contributed by atoms with van der Waals surface area (Å²) in [6.45, 7) is 17.3. The first kappa shape index (κ1) is 24.1. The smallest absolute Gasteiger partial charge is 0.163 e. The van der Waals surface area contributed by atoms with Gasteiger partial charge in [-0.15, -0.1) is 0 Å². The third kappa shape index (κ3) is 14.4. The molecule has 4 nitrogen and oxygen atoms in total. The van der Waals surface area contributed by atoms with E-state index in [2.05, 4.69) is 49.9 Å². The van der Waals surface area contributed by atoms with Gasteiger partial charge in [0, 0.05) is 6.10 Å². The van der Waals surface area contributed by atoms with Gasteiger partial charge < -0.3 is 19.5 Å². The molecule has 0 fully saturated rings. The SMILES string of the molecule is CCCNCCCN(CCCN(C)CC)CC[SiH2]OC(CC)CC. The van der Waals surface area contributed by atoms with Gasteiger partial charge in [0.05, 0.1) is 0 Å². The van der Waals surface area contributed by atoms with Crippen molar-refractivity contribution in [3.63, 3.8) is 0 Å². The van der Waals surface area contributed by atoms with Gasteiger partial charge in [-0.05, 0) is 91.0 Å². The molecule has 0 unspecified atom stereocenters. The predicted molar refractivity (Wildman–Crippen MR) is 111 cm³/mol. The molecule has 0 spiro atoms. The lowest BCUT2D eigenvalue weighted by molar-refractivity contribution is 0.198. The fourth-order valence-corrected chi connectivity index (χ4v) is 4.40. The van der Waals surface area contributed by atoms with E-state index in [4.69, 9.17) is 4.43 Å². The Labute approximate surface area is 154 Å². The molecule has 1 N–H and O–H groups in total. The van der Waals surface area contributed by atoms with Crippen molar-refractivity contribution in [3.05, 3.63) is 0 Å². The van der Waals surface area contributed by atoms with Crippen molar-refractivity contribution in [2.45, 2.75) is 71.9 Å². The summed E-state index contributed by atoms with van der Waals surface area (Å²) in [5, 5.41) is 3.52. The molecular weight excluding hydrogens is 314 g/mol. The number of hydrogen-bond acceptors (Lipinski definition) is 4. The lowest BCUT2D eigenvalue weighted by Crippen LogP contribution is -2.32. The van der Waals surface area contributed by atoms with Crippen molar-refractivity contribution < 1.29 is 4.43 Å². The Hall–Kier alpha value is 0.0569. The second-order valence-electron chi connectivity index (χ2n) is 6.86. The first-order valence-electron chi connectivity index (χ1n) is 10.4. The van der Waals surface area contributed by atoms with Crippen LogP contribution in [-0.4, -0.2) is 78.5 Å². The molecule has 0 atom stereocenters. The fraction of sp³-hybridized carbons (Fsp3) is 1.00. The highest BCUT2D eigenvalue weighted by Gasteiger charge is 2.07. The zero-order chi connectivity index (χ0) is 18.0. The van der Waals surface area contributed by atoms with Crippen molar-refractivity contribution >= 4 is 9.76 Å². The molecule has 0 rings (SSSR count). The van der Waals surface area contributed by atoms with E-state index in [1.54, 1.807) is 0 Å². The van der Waals surface area contributed by atoms with Crippen LogP contribution in [-0.2, 0) is 4.43 Å². The predicted octanol–water partition coefficient (Wildman–Crippen LogP) is 2.73. The van der Waals surface area contributed by atoms with E-state index in [0.29, 0.717) is 6.10 Å². The van der Waals surface area contributed by atoms with Crippen molar-refractivity contribution in [1.82, 2.24) is 15.1 Å². The molecule has 0 heterocycles. The summed E-state index contributed by atoms with van der Waals surface area (Å²) in [5.74, 6) is 0. The molecule has 0 saturated carbocycles. The molecule has 0 aromatic rings. The van der Waals surface area contributed by atoms with Crippen LogP contribution in [0.3, 0.4) is 0 Å². The van der Waals surface area contributed by atoms with Gasteiger partial charge in [-0.1, -0.05) is 27.7 Å². The minimum Gasteiger partial charge on any atom is -0.421 e. The molecular formula is C19H45N3OSi. The molecule has 146 valence electrons. The van der Waals surface area contributed by atoms with Crippen molar-refractivity contribution in [3.8, 4) is 0 Å². The summed E-state index contributed by atoms with van der Waals surface area (Å²) >= 11 is 0. The van der Waals surface area contributed by atoms with Gasteiger partial charge in [0.1, 0.15) is 0 Å². The second-order valence-corrected chi connectivity index (χ2v) is 8.31. The van der Waals surface area contributed by atoms with Crippen LogP contribution in [0.25, 0.3) is 0 Å². The summed E-state index contributed by atoms with van der Waals surface area (Å²) in [5.41, 5.74) is 0. The lowest BCUT2D eigenvalue weighted by Gasteiger charge is -2.24. The number of hydrogen-bond donors (Lipinski definition) is 1. The Morgan fingerprint density at radius 2 is 1.62 bits per heavy atom. The monoisotopic (exact) mass is 359 g/mol. The minimum absolute atomic E-state index is 0.348. The van der Waals surface area contributed by atoms with Crippen LogP contribution in [0.2, 0.25) is 6.04 Å². The highest BCUT2D eigenvalue weighted by atomic mass is 28.2. The average molecular weight is 360 g/mol. The molecule has 0 aliphatic heterocycles. The van der Waals surface area contributed by atoms with Gasteiger partial charge in [-0.2, -0.15) is 0 Å². The highest BCUT2D eigenvalue weighted by Crippen LogP contribution is 2.04. The third-order valence-electron chi connectivity index (χ3n) is 4.69. The van der Waals surface area contributed by atoms with Crippen LogP contribution >= 0.6 is 0 Å². The number of nitrogens with one attached hydrogen (secondary N) is 1. The molecule has 0 radical (unpaired) electrons. The van der Waals surface area contributed by atoms with Gasteiger partial charge >= 0.3 is 0 Å². The largest absolute Gasteiger partial charge is 0.421 e. The van der Waals surface area contributed by atoms with Crippen LogP contribution < -0.4 is 5.32 Å². The maximum atomic E-state index is 6.10. The number of rotatable bonds is 18. The first-order valence-corrected chi connectivity index (χ1v) is 12.0. The van der Waals surface area contributed by atoms with E-state index < -0.39 is 0 Å². The quantitative estimate of drug-likeness (QED) is 0.301. The molecule has 0 aromatic carbocycles. The standard InChI is InChI=1S/C19H45N3OSi/c1-6-12-20-13-10-15-22(16-11-14-21(5)9-4)17-18-24-23-19(7-2)8-3/h19-20H,6-18,24H2,1-5H3. The molecule has 0 saturated heterocycles. The Kier molecular flexibility index (Phi) is 17.9. The zero-order valence-electron chi connectivity index (χ0n) is 17.3. The third-order valence-corrected chi connectivity index (χ3v) is 6.00. The summed E-state index contributed by atoms with van der Waals surface area (Å²) < 4.78 is 6.10. The van der Waals surface area contributed by atoms with E-state index in [-0.39, 0.29) is 9.76 Å². The average Bonchev–Trinajstić information content (AvgIpc) is 2.60. The lowest BCUT2D eigenvalue weighted by atomic mass is 10.2. The Morgan fingerprint density at radius 1 is 0.917 bits per heavy atom. The van der Waals surface area contributed by atoms with Crippen molar-refractivity contribution in [2.24, 2.45) is 0 Å². The molecule has 0 aromatic heterocycles. The Balaban J connectivity index is 3.96. The highest BCUT2D eigenvalue weighted by molar-refractivity contribution is 6.27. The maximum Gasteiger partial charge on any atom is 0.163 e. The molecule has 0 amide bonds. The van der Waals surface area contributed by atoms with Crippen LogP contribution in [0.4, 0.5) is 0 Å². The van der Waals surface area contributed by atoms with Gasteiger partial charge in [0.15, 0.2) is 9.76 Å². The molecule has 0 aliphatic carbocycles. The molecule has 0 aliphatic rings. The summed E-state index contributed by atoms with van der Waals surface area (Å²) in [4.78, 5) is 5.08. The molecule has 24 heavy (non-hydrogen) atoms. The fourth-order valence-electron chi connectivity index (χ4n) is 2.85. The van der Waals surface area contributed by atoms with Gasteiger partial charge in [-0.25, -0.2) is 0 Å². The summed E-state index contributed by atoms with van der Waals surface area (Å²) in [6, 6.07) is 1.29. The number of nitrogens with zero attached hydrogens (tertiary/aromatic N) is 2. The van der Waals surface area contributed by atoms with E-state index in [1.807, 2.05) is 0 Å². The van der Waals surface area contributed by atoms with Crippen molar-refractivity contribution in [1.29, 1.82) is 0 Å². The van der Waals surface area contributed by atoms with Gasteiger partial charge in [-0.3, -0.25) is 0 Å². The van der Waals surface area contributed by atoms with Crippen LogP contribution in [0, 0.1) is 0 Å². The Morgan fingerprint density at radius 3 is 2.25 bits per heavy atom. The van der Waals surface area contributed by atoms with Crippen LogP contribution in [0.5, 0.6) is 0 Å². The van der Waals surface area contributed by atoms with Crippen LogP contribution in [0.1, 0.15) is 59.8 Å². The minimum atomic E-state index is -0.348. The second kappa shape index (κ2) is 17.9. The zero-order valence-corrected chi connectivity index (χ0v) is 18.7. The Bertz CT molecular complexity index is 253. The first-order chi connectivity index (χ1) is 11.7. The molecule has 0 bridgehead atoms. The van der Waals surface area contributed by atoms with E-state index >= 15 is 0 Å². The van der Waals surface area contributed by atoms with Crippen LogP contribution in [0.15, 0.2) is 0 Å². The van der Waals surface area contributed by atoms with Crippen molar-refractivity contribution in [2.75, 3.05) is 52.9 Å². The van der Waals surface area contributed by atoms with Gasteiger partial charge in [0.2, 0.25) is 0 Å².